The molecule has 0 aliphatic heterocycles. The van der Waals surface area contributed by atoms with Crippen molar-refractivity contribution in [3.8, 4) is 5.75 Å². The second-order valence-electron chi connectivity index (χ2n) is 6.06. The van der Waals surface area contributed by atoms with Crippen LogP contribution in [0.25, 0.3) is 0 Å². The Morgan fingerprint density at radius 2 is 2.00 bits per heavy atom. The molecule has 0 amide bonds. The number of aliphatic imine (C=N–C) groups is 1. The molecule has 3 rings (SSSR count). The van der Waals surface area contributed by atoms with Gasteiger partial charge in [-0.15, -0.1) is 0 Å². The largest absolute Gasteiger partial charge is 0.494 e. The Morgan fingerprint density at radius 1 is 1.17 bits per heavy atom. The number of nitrogens with one attached hydrogen (secondary N) is 1. The number of nitrogens with two attached hydrogens (primary N) is 1. The first-order chi connectivity index (χ1) is 11.8. The van der Waals surface area contributed by atoms with Crippen molar-refractivity contribution < 1.29 is 4.74 Å². The first-order valence-electron chi connectivity index (χ1n) is 8.65. The van der Waals surface area contributed by atoms with E-state index in [1.807, 2.05) is 31.2 Å². The third kappa shape index (κ3) is 4.07. The van der Waals surface area contributed by atoms with Gasteiger partial charge in [-0.05, 0) is 67.5 Å². The van der Waals surface area contributed by atoms with Crippen molar-refractivity contribution in [2.45, 2.75) is 39.2 Å². The molecule has 2 aromatic rings. The van der Waals surface area contributed by atoms with E-state index in [9.17, 15) is 0 Å². The minimum atomic E-state index is 0.454. The van der Waals surface area contributed by atoms with Crippen LogP contribution in [-0.4, -0.2) is 12.6 Å². The van der Waals surface area contributed by atoms with Crippen LogP contribution in [0.1, 0.15) is 36.5 Å². The van der Waals surface area contributed by atoms with Crippen LogP contribution in [-0.2, 0) is 19.4 Å². The maximum Gasteiger partial charge on any atom is 0.193 e. The van der Waals surface area contributed by atoms with Crippen LogP contribution in [0.5, 0.6) is 5.75 Å². The summed E-state index contributed by atoms with van der Waals surface area (Å²) in [6, 6.07) is 14.4. The third-order valence-electron chi connectivity index (χ3n) is 4.30. The quantitative estimate of drug-likeness (QED) is 0.648. The van der Waals surface area contributed by atoms with Gasteiger partial charge in [0.1, 0.15) is 5.75 Å². The summed E-state index contributed by atoms with van der Waals surface area (Å²) in [4.78, 5) is 4.47. The van der Waals surface area contributed by atoms with Crippen molar-refractivity contribution in [3.63, 3.8) is 0 Å². The zero-order valence-electron chi connectivity index (χ0n) is 14.2. The van der Waals surface area contributed by atoms with Crippen LogP contribution >= 0.6 is 0 Å². The molecule has 2 aromatic carbocycles. The summed E-state index contributed by atoms with van der Waals surface area (Å²) >= 11 is 0. The van der Waals surface area contributed by atoms with Crippen LogP contribution in [0, 0.1) is 0 Å². The SMILES string of the molecule is CCOc1cccc(CN=C(N)Nc2cccc3c2CCCC3)c1. The van der Waals surface area contributed by atoms with Crippen molar-refractivity contribution in [3.05, 3.63) is 59.2 Å². The molecule has 0 bridgehead atoms. The molecule has 4 heteroatoms. The molecule has 126 valence electrons. The van der Waals surface area contributed by atoms with Crippen LogP contribution in [0.4, 0.5) is 5.69 Å². The van der Waals surface area contributed by atoms with Crippen molar-refractivity contribution in [1.29, 1.82) is 0 Å². The molecule has 0 fully saturated rings. The third-order valence-corrected chi connectivity index (χ3v) is 4.30. The van der Waals surface area contributed by atoms with Gasteiger partial charge in [0.25, 0.3) is 0 Å². The number of rotatable bonds is 5. The maximum absolute atomic E-state index is 6.09. The molecule has 0 radical (unpaired) electrons. The molecule has 1 aliphatic rings. The van der Waals surface area contributed by atoms with Gasteiger partial charge in [-0.3, -0.25) is 0 Å². The minimum absolute atomic E-state index is 0.454. The van der Waals surface area contributed by atoms with Gasteiger partial charge in [0.05, 0.1) is 13.2 Å². The van der Waals surface area contributed by atoms with Gasteiger partial charge in [0, 0.05) is 5.69 Å². The molecule has 0 aromatic heterocycles. The van der Waals surface area contributed by atoms with E-state index in [0.717, 1.165) is 29.8 Å². The number of anilines is 1. The first-order valence-corrected chi connectivity index (χ1v) is 8.65. The number of hydrogen-bond acceptors (Lipinski definition) is 2. The van der Waals surface area contributed by atoms with E-state index in [-0.39, 0.29) is 0 Å². The highest BCUT2D eigenvalue weighted by Crippen LogP contribution is 2.27. The Kier molecular flexibility index (Phi) is 5.36. The Balaban J connectivity index is 1.68. The van der Waals surface area contributed by atoms with Crippen molar-refractivity contribution in [2.24, 2.45) is 10.7 Å². The zero-order valence-corrected chi connectivity index (χ0v) is 14.2. The lowest BCUT2D eigenvalue weighted by molar-refractivity contribution is 0.340. The van der Waals surface area contributed by atoms with E-state index in [4.69, 9.17) is 10.5 Å². The van der Waals surface area contributed by atoms with E-state index in [1.54, 1.807) is 0 Å². The van der Waals surface area contributed by atoms with Gasteiger partial charge in [0.2, 0.25) is 0 Å². The summed E-state index contributed by atoms with van der Waals surface area (Å²) in [5, 5.41) is 3.28. The maximum atomic E-state index is 6.09. The summed E-state index contributed by atoms with van der Waals surface area (Å²) in [7, 11) is 0. The Morgan fingerprint density at radius 3 is 2.88 bits per heavy atom. The van der Waals surface area contributed by atoms with Gasteiger partial charge >= 0.3 is 0 Å². The van der Waals surface area contributed by atoms with E-state index >= 15 is 0 Å². The number of benzene rings is 2. The lowest BCUT2D eigenvalue weighted by atomic mass is 9.90. The molecule has 0 unspecified atom stereocenters. The lowest BCUT2D eigenvalue weighted by Gasteiger charge is -2.19. The molecular weight excluding hydrogens is 298 g/mol. The standard InChI is InChI=1S/C20H25N3O/c1-2-24-17-10-5-7-15(13-17)14-22-20(21)23-19-12-6-9-16-8-3-4-11-18(16)19/h5-7,9-10,12-13H,2-4,8,11,14H2,1H3,(H3,21,22,23). The number of ether oxygens (including phenoxy) is 1. The fraction of sp³-hybridized carbons (Fsp3) is 0.350. The fourth-order valence-corrected chi connectivity index (χ4v) is 3.15. The molecule has 24 heavy (non-hydrogen) atoms. The lowest BCUT2D eigenvalue weighted by Crippen LogP contribution is -2.24. The summed E-state index contributed by atoms with van der Waals surface area (Å²) in [5.41, 5.74) is 11.1. The van der Waals surface area contributed by atoms with E-state index in [0.29, 0.717) is 19.1 Å². The average Bonchev–Trinajstić information content (AvgIpc) is 2.61. The highest BCUT2D eigenvalue weighted by atomic mass is 16.5. The van der Waals surface area contributed by atoms with Gasteiger partial charge in [-0.25, -0.2) is 4.99 Å². The molecule has 4 nitrogen and oxygen atoms in total. The minimum Gasteiger partial charge on any atom is -0.494 e. The van der Waals surface area contributed by atoms with Crippen molar-refractivity contribution in [1.82, 2.24) is 0 Å². The van der Waals surface area contributed by atoms with Crippen LogP contribution in [0.2, 0.25) is 0 Å². The molecule has 3 N–H and O–H groups in total. The van der Waals surface area contributed by atoms with Crippen LogP contribution in [0.3, 0.4) is 0 Å². The summed E-state index contributed by atoms with van der Waals surface area (Å²) < 4.78 is 5.52. The predicted molar refractivity (Wildman–Crippen MR) is 99.6 cm³/mol. The average molecular weight is 323 g/mol. The summed E-state index contributed by atoms with van der Waals surface area (Å²) in [6.45, 7) is 3.18. The van der Waals surface area contributed by atoms with Crippen LogP contribution < -0.4 is 15.8 Å². The van der Waals surface area contributed by atoms with E-state index in [2.05, 4.69) is 28.5 Å². The van der Waals surface area contributed by atoms with E-state index in [1.165, 1.54) is 24.0 Å². The molecule has 1 aliphatic carbocycles. The summed E-state index contributed by atoms with van der Waals surface area (Å²) in [6.07, 6.45) is 4.79. The number of nitrogens with zero attached hydrogens (tertiary/aromatic N) is 1. The normalized spacial score (nSPS) is 14.1. The van der Waals surface area contributed by atoms with Gasteiger partial charge in [-0.2, -0.15) is 0 Å². The highest BCUT2D eigenvalue weighted by Gasteiger charge is 2.13. The Hall–Kier alpha value is -2.49. The molecule has 0 spiro atoms. The van der Waals surface area contributed by atoms with Gasteiger partial charge < -0.3 is 15.8 Å². The van der Waals surface area contributed by atoms with Crippen LogP contribution in [0.15, 0.2) is 47.5 Å². The Labute approximate surface area is 143 Å². The first kappa shape index (κ1) is 16.4. The fourth-order valence-electron chi connectivity index (χ4n) is 3.15. The topological polar surface area (TPSA) is 59.6 Å². The van der Waals surface area contributed by atoms with Crippen molar-refractivity contribution >= 4 is 11.6 Å². The Bertz CT molecular complexity index is 725. The second kappa shape index (κ2) is 7.86. The van der Waals surface area contributed by atoms with E-state index < -0.39 is 0 Å². The molecule has 0 heterocycles. The number of hydrogen-bond donors (Lipinski definition) is 2. The zero-order chi connectivity index (χ0) is 16.8. The number of fused-ring (bicyclic) bond motifs is 1. The monoisotopic (exact) mass is 323 g/mol. The number of guanidine groups is 1. The molecule has 0 atom stereocenters. The smallest absolute Gasteiger partial charge is 0.193 e. The van der Waals surface area contributed by atoms with Crippen molar-refractivity contribution in [2.75, 3.05) is 11.9 Å². The van der Waals surface area contributed by atoms with Gasteiger partial charge in [0.15, 0.2) is 5.96 Å². The molecule has 0 saturated carbocycles. The van der Waals surface area contributed by atoms with Gasteiger partial charge in [-0.1, -0.05) is 24.3 Å². The number of aryl methyl sites for hydroxylation is 1. The molecular formula is C20H25N3O. The second-order valence-corrected chi connectivity index (χ2v) is 6.06. The molecule has 0 saturated heterocycles. The predicted octanol–water partition coefficient (Wildman–Crippen LogP) is 3.89. The highest BCUT2D eigenvalue weighted by molar-refractivity contribution is 5.93. The summed E-state index contributed by atoms with van der Waals surface area (Å²) in [5.74, 6) is 1.32.